The van der Waals surface area contributed by atoms with Crippen LogP contribution in [0.2, 0.25) is 0 Å². The normalized spacial score (nSPS) is 19.6. The minimum Gasteiger partial charge on any atom is -0.502 e. The third-order valence-corrected chi connectivity index (χ3v) is 4.12. The monoisotopic (exact) mass is 333 g/mol. The number of phenolic OH excluding ortho intramolecular Hbond substituents is 1. The Kier molecular flexibility index (Phi) is 3.96. The number of nitro groups is 1. The van der Waals surface area contributed by atoms with Crippen LogP contribution in [0.25, 0.3) is 6.08 Å². The number of aromatic hydroxyl groups is 1. The van der Waals surface area contributed by atoms with Crippen LogP contribution >= 0.6 is 0 Å². The van der Waals surface area contributed by atoms with E-state index < -0.39 is 34.1 Å². The van der Waals surface area contributed by atoms with Gasteiger partial charge in [-0.3, -0.25) is 10.1 Å². The molecule has 0 aromatic heterocycles. The largest absolute Gasteiger partial charge is 0.502 e. The minimum atomic E-state index is -1.18. The first-order valence-electron chi connectivity index (χ1n) is 7.56. The molecular weight excluding hydrogens is 318 g/mol. The number of nitro benzene ring substituents is 1. The van der Waals surface area contributed by atoms with Crippen LogP contribution in [-0.4, -0.2) is 27.8 Å². The lowest BCUT2D eigenvalue weighted by molar-refractivity contribution is -0.385. The summed E-state index contributed by atoms with van der Waals surface area (Å²) in [6, 6.07) is 3.53. The van der Waals surface area contributed by atoms with Gasteiger partial charge in [-0.05, 0) is 30.5 Å². The number of hydrogen-bond acceptors (Lipinski definition) is 7. The standard InChI is InChI=1S/C16H15NO7/c18-13-5-4-10(9-12(13)17(21)22)8-11-14(19)23-16(24-15(11)20)6-2-1-3-7-16/h4-5,8-9,18H,1-3,6-7H2. The van der Waals surface area contributed by atoms with Crippen molar-refractivity contribution in [1.82, 2.24) is 0 Å². The lowest BCUT2D eigenvalue weighted by Crippen LogP contribution is -2.47. The zero-order chi connectivity index (χ0) is 17.3. The predicted octanol–water partition coefficient (Wildman–Crippen LogP) is 2.44. The predicted molar refractivity (Wildman–Crippen MR) is 80.7 cm³/mol. The Bertz CT molecular complexity index is 725. The summed E-state index contributed by atoms with van der Waals surface area (Å²) < 4.78 is 10.7. The number of carbonyl (C=O) groups is 2. The molecule has 24 heavy (non-hydrogen) atoms. The number of carbonyl (C=O) groups excluding carboxylic acids is 2. The van der Waals surface area contributed by atoms with Crippen LogP contribution in [0.3, 0.4) is 0 Å². The second kappa shape index (κ2) is 5.95. The number of ether oxygens (including phenoxy) is 2. The molecule has 1 aromatic rings. The van der Waals surface area contributed by atoms with Gasteiger partial charge in [-0.1, -0.05) is 12.5 Å². The molecule has 3 rings (SSSR count). The average Bonchev–Trinajstić information content (AvgIpc) is 2.53. The van der Waals surface area contributed by atoms with Crippen LogP contribution in [-0.2, 0) is 19.1 Å². The highest BCUT2D eigenvalue weighted by molar-refractivity contribution is 6.18. The Morgan fingerprint density at radius 1 is 1.12 bits per heavy atom. The van der Waals surface area contributed by atoms with Crippen LogP contribution < -0.4 is 0 Å². The fourth-order valence-electron chi connectivity index (χ4n) is 2.91. The van der Waals surface area contributed by atoms with E-state index >= 15 is 0 Å². The van der Waals surface area contributed by atoms with Gasteiger partial charge in [0.2, 0.25) is 0 Å². The fraction of sp³-hybridized carbons (Fsp3) is 0.375. The van der Waals surface area contributed by atoms with Gasteiger partial charge in [-0.2, -0.15) is 0 Å². The van der Waals surface area contributed by atoms with E-state index in [2.05, 4.69) is 0 Å². The molecule has 1 spiro atoms. The molecule has 0 bridgehead atoms. The number of nitrogens with zero attached hydrogens (tertiary/aromatic N) is 1. The topological polar surface area (TPSA) is 116 Å². The average molecular weight is 333 g/mol. The number of rotatable bonds is 2. The molecule has 1 aliphatic carbocycles. The van der Waals surface area contributed by atoms with Crippen molar-refractivity contribution in [2.75, 3.05) is 0 Å². The van der Waals surface area contributed by atoms with Gasteiger partial charge in [0.25, 0.3) is 5.79 Å². The van der Waals surface area contributed by atoms with E-state index in [9.17, 15) is 24.8 Å². The minimum absolute atomic E-state index is 0.211. The Morgan fingerprint density at radius 2 is 1.75 bits per heavy atom. The Morgan fingerprint density at radius 3 is 2.33 bits per heavy atom. The Hall–Kier alpha value is -2.90. The maximum absolute atomic E-state index is 12.2. The van der Waals surface area contributed by atoms with E-state index in [0.29, 0.717) is 12.8 Å². The van der Waals surface area contributed by atoms with Crippen molar-refractivity contribution in [2.24, 2.45) is 0 Å². The summed E-state index contributed by atoms with van der Waals surface area (Å²) in [4.78, 5) is 34.5. The molecule has 0 atom stereocenters. The van der Waals surface area contributed by atoms with Gasteiger partial charge in [-0.25, -0.2) is 9.59 Å². The van der Waals surface area contributed by atoms with E-state index in [1.54, 1.807) is 0 Å². The van der Waals surface area contributed by atoms with Gasteiger partial charge in [0, 0.05) is 18.9 Å². The van der Waals surface area contributed by atoms with Crippen LogP contribution in [0.4, 0.5) is 5.69 Å². The third-order valence-electron chi connectivity index (χ3n) is 4.12. The smallest absolute Gasteiger partial charge is 0.348 e. The van der Waals surface area contributed by atoms with Crippen LogP contribution in [0.1, 0.15) is 37.7 Å². The summed E-state index contributed by atoms with van der Waals surface area (Å²) in [6.07, 6.45) is 4.72. The molecular formula is C16H15NO7. The summed E-state index contributed by atoms with van der Waals surface area (Å²) in [6.45, 7) is 0. The molecule has 126 valence electrons. The number of esters is 2. The lowest BCUT2D eigenvalue weighted by Gasteiger charge is -2.38. The highest BCUT2D eigenvalue weighted by atomic mass is 16.7. The summed E-state index contributed by atoms with van der Waals surface area (Å²) >= 11 is 0. The number of hydrogen-bond donors (Lipinski definition) is 1. The van der Waals surface area contributed by atoms with Gasteiger partial charge in [0.15, 0.2) is 5.75 Å². The molecule has 1 saturated carbocycles. The summed E-state index contributed by atoms with van der Waals surface area (Å²) in [5, 5.41) is 20.3. The van der Waals surface area contributed by atoms with Crippen LogP contribution in [0, 0.1) is 10.1 Å². The van der Waals surface area contributed by atoms with Crippen molar-refractivity contribution in [3.8, 4) is 5.75 Å². The molecule has 8 heteroatoms. The van der Waals surface area contributed by atoms with Crippen molar-refractivity contribution in [3.63, 3.8) is 0 Å². The number of phenols is 1. The maximum Gasteiger partial charge on any atom is 0.348 e. The second-order valence-corrected chi connectivity index (χ2v) is 5.81. The van der Waals surface area contributed by atoms with Crippen molar-refractivity contribution >= 4 is 23.7 Å². The van der Waals surface area contributed by atoms with Gasteiger partial charge < -0.3 is 14.6 Å². The molecule has 2 fully saturated rings. The van der Waals surface area contributed by atoms with Gasteiger partial charge in [0.1, 0.15) is 5.57 Å². The first-order chi connectivity index (χ1) is 11.4. The molecule has 8 nitrogen and oxygen atoms in total. The molecule has 1 aliphatic heterocycles. The molecule has 0 amide bonds. The molecule has 1 heterocycles. The van der Waals surface area contributed by atoms with Crippen LogP contribution in [0.15, 0.2) is 23.8 Å². The van der Waals surface area contributed by atoms with Crippen molar-refractivity contribution in [3.05, 3.63) is 39.4 Å². The van der Waals surface area contributed by atoms with E-state index in [1.165, 1.54) is 6.07 Å². The molecule has 0 radical (unpaired) electrons. The molecule has 0 unspecified atom stereocenters. The third kappa shape index (κ3) is 2.94. The highest BCUT2D eigenvalue weighted by Gasteiger charge is 2.46. The quantitative estimate of drug-likeness (QED) is 0.290. The van der Waals surface area contributed by atoms with Crippen molar-refractivity contribution < 1.29 is 29.1 Å². The van der Waals surface area contributed by atoms with E-state index in [0.717, 1.165) is 37.5 Å². The highest BCUT2D eigenvalue weighted by Crippen LogP contribution is 2.37. The maximum atomic E-state index is 12.2. The second-order valence-electron chi connectivity index (χ2n) is 5.81. The summed E-state index contributed by atoms with van der Waals surface area (Å²) in [5.41, 5.74) is -0.639. The SMILES string of the molecule is O=C1OC2(CCCCC2)OC(=O)C1=Cc1ccc(O)c([N+](=O)[O-])c1. The van der Waals surface area contributed by atoms with Crippen molar-refractivity contribution in [2.45, 2.75) is 37.9 Å². The Labute approximate surface area is 136 Å². The first kappa shape index (κ1) is 16.0. The van der Waals surface area contributed by atoms with Gasteiger partial charge in [-0.15, -0.1) is 0 Å². The fourth-order valence-corrected chi connectivity index (χ4v) is 2.91. The molecule has 1 saturated heterocycles. The molecule has 2 aliphatic rings. The zero-order valence-corrected chi connectivity index (χ0v) is 12.7. The van der Waals surface area contributed by atoms with Crippen molar-refractivity contribution in [1.29, 1.82) is 0 Å². The summed E-state index contributed by atoms with van der Waals surface area (Å²) in [5.74, 6) is -3.28. The number of benzene rings is 1. The zero-order valence-electron chi connectivity index (χ0n) is 12.7. The van der Waals surface area contributed by atoms with Gasteiger partial charge >= 0.3 is 17.6 Å². The van der Waals surface area contributed by atoms with E-state index in [4.69, 9.17) is 9.47 Å². The van der Waals surface area contributed by atoms with Crippen LogP contribution in [0.5, 0.6) is 5.75 Å². The van der Waals surface area contributed by atoms with E-state index in [1.807, 2.05) is 0 Å². The molecule has 1 aromatic carbocycles. The first-order valence-corrected chi connectivity index (χ1v) is 7.56. The summed E-state index contributed by atoms with van der Waals surface area (Å²) in [7, 11) is 0. The Balaban J connectivity index is 1.88. The lowest BCUT2D eigenvalue weighted by atomic mass is 9.93. The van der Waals surface area contributed by atoms with E-state index in [-0.39, 0.29) is 11.1 Å². The van der Waals surface area contributed by atoms with Gasteiger partial charge in [0.05, 0.1) is 4.92 Å². The molecule has 1 N–H and O–H groups in total.